The predicted molar refractivity (Wildman–Crippen MR) is 106 cm³/mol. The number of anilines is 1. The zero-order valence-electron chi connectivity index (χ0n) is 15.6. The van der Waals surface area contributed by atoms with Crippen LogP contribution in [0, 0.1) is 0 Å². The smallest absolute Gasteiger partial charge is 0.337 e. The van der Waals surface area contributed by atoms with Crippen molar-refractivity contribution < 1.29 is 33.3 Å². The van der Waals surface area contributed by atoms with E-state index < -0.39 is 24.5 Å². The van der Waals surface area contributed by atoms with Crippen molar-refractivity contribution in [2.24, 2.45) is 0 Å². The number of hydrogen-bond donors (Lipinski definition) is 1. The first-order valence-corrected chi connectivity index (χ1v) is 9.70. The molecule has 0 bridgehead atoms. The molecule has 152 valence electrons. The Morgan fingerprint density at radius 3 is 2.48 bits per heavy atom. The number of amides is 1. The lowest BCUT2D eigenvalue weighted by Gasteiger charge is -2.18. The Bertz CT molecular complexity index is 898. The Kier molecular flexibility index (Phi) is 6.96. The van der Waals surface area contributed by atoms with Crippen molar-refractivity contribution >= 4 is 35.3 Å². The number of benzene rings is 2. The Hall–Kier alpha value is -3.20. The summed E-state index contributed by atoms with van der Waals surface area (Å²) in [6.45, 7) is 0.603. The SMILES string of the molecule is COC(=O)c1ccc(NC(=O)COC(=O)CSc2ccc3c(c2)OCCO3)cc1. The molecule has 2 aromatic rings. The van der Waals surface area contributed by atoms with Crippen LogP contribution in [0.2, 0.25) is 0 Å². The molecule has 0 spiro atoms. The molecule has 29 heavy (non-hydrogen) atoms. The van der Waals surface area contributed by atoms with Crippen molar-refractivity contribution in [1.82, 2.24) is 0 Å². The summed E-state index contributed by atoms with van der Waals surface area (Å²) >= 11 is 1.28. The molecule has 2 aromatic carbocycles. The molecule has 0 saturated carbocycles. The van der Waals surface area contributed by atoms with Crippen LogP contribution in [0.25, 0.3) is 0 Å². The van der Waals surface area contributed by atoms with Gasteiger partial charge in [0.25, 0.3) is 5.91 Å². The van der Waals surface area contributed by atoms with Gasteiger partial charge in [-0.05, 0) is 42.5 Å². The van der Waals surface area contributed by atoms with Gasteiger partial charge in [0.05, 0.1) is 18.4 Å². The summed E-state index contributed by atoms with van der Waals surface area (Å²) in [5.74, 6) is -0.0746. The van der Waals surface area contributed by atoms with E-state index in [1.807, 2.05) is 6.07 Å². The summed E-state index contributed by atoms with van der Waals surface area (Å²) in [7, 11) is 1.29. The van der Waals surface area contributed by atoms with E-state index in [2.05, 4.69) is 10.1 Å². The molecular weight excluding hydrogens is 398 g/mol. The lowest BCUT2D eigenvalue weighted by Crippen LogP contribution is -2.21. The van der Waals surface area contributed by atoms with Gasteiger partial charge in [0.1, 0.15) is 13.2 Å². The standard InChI is InChI=1S/C20H19NO7S/c1-25-20(24)13-2-4-14(5-3-13)21-18(22)11-28-19(23)12-29-15-6-7-16-17(10-15)27-9-8-26-16/h2-7,10H,8-9,11-12H2,1H3,(H,21,22). The van der Waals surface area contributed by atoms with Crippen molar-refractivity contribution in [3.05, 3.63) is 48.0 Å². The minimum Gasteiger partial charge on any atom is -0.486 e. The summed E-state index contributed by atoms with van der Waals surface area (Å²) in [5, 5.41) is 2.58. The molecular formula is C20H19NO7S. The summed E-state index contributed by atoms with van der Waals surface area (Å²) in [5.41, 5.74) is 0.845. The molecule has 1 aliphatic rings. The second-order valence-corrected chi connectivity index (χ2v) is 6.92. The molecule has 0 saturated heterocycles. The van der Waals surface area contributed by atoms with Crippen molar-refractivity contribution in [2.75, 3.05) is 38.0 Å². The minimum absolute atomic E-state index is 0.0563. The average Bonchev–Trinajstić information content (AvgIpc) is 2.76. The molecule has 3 rings (SSSR count). The van der Waals surface area contributed by atoms with Crippen LogP contribution >= 0.6 is 11.8 Å². The molecule has 0 radical (unpaired) electrons. The Balaban J connectivity index is 1.41. The highest BCUT2D eigenvalue weighted by atomic mass is 32.2. The van der Waals surface area contributed by atoms with Gasteiger partial charge in [-0.2, -0.15) is 0 Å². The Morgan fingerprint density at radius 2 is 1.76 bits per heavy atom. The summed E-state index contributed by atoms with van der Waals surface area (Å²) in [4.78, 5) is 36.0. The lowest BCUT2D eigenvalue weighted by atomic mass is 10.2. The average molecular weight is 417 g/mol. The third kappa shape index (κ3) is 5.89. The molecule has 0 aliphatic carbocycles. The van der Waals surface area contributed by atoms with Gasteiger partial charge in [0.2, 0.25) is 0 Å². The number of carbonyl (C=O) groups is 3. The highest BCUT2D eigenvalue weighted by molar-refractivity contribution is 8.00. The van der Waals surface area contributed by atoms with Gasteiger partial charge in [0, 0.05) is 10.6 Å². The number of hydrogen-bond acceptors (Lipinski definition) is 8. The molecule has 0 unspecified atom stereocenters. The lowest BCUT2D eigenvalue weighted by molar-refractivity contribution is -0.144. The summed E-state index contributed by atoms with van der Waals surface area (Å²) in [6.07, 6.45) is 0. The maximum atomic E-state index is 11.9. The van der Waals surface area contributed by atoms with Gasteiger partial charge in [0.15, 0.2) is 18.1 Å². The quantitative estimate of drug-likeness (QED) is 0.542. The van der Waals surface area contributed by atoms with E-state index in [1.165, 1.54) is 31.0 Å². The fraction of sp³-hybridized carbons (Fsp3) is 0.250. The minimum atomic E-state index is -0.513. The van der Waals surface area contributed by atoms with Crippen LogP contribution in [-0.2, 0) is 19.1 Å². The number of rotatable bonds is 7. The second kappa shape index (κ2) is 9.83. The molecule has 1 N–H and O–H groups in total. The molecule has 1 amide bonds. The zero-order valence-corrected chi connectivity index (χ0v) is 16.5. The van der Waals surface area contributed by atoms with Crippen molar-refractivity contribution in [1.29, 1.82) is 0 Å². The number of carbonyl (C=O) groups excluding carboxylic acids is 3. The van der Waals surface area contributed by atoms with E-state index in [4.69, 9.17) is 14.2 Å². The van der Waals surface area contributed by atoms with Crippen LogP contribution in [0.1, 0.15) is 10.4 Å². The fourth-order valence-electron chi connectivity index (χ4n) is 2.45. The number of thioether (sulfide) groups is 1. The van der Waals surface area contributed by atoms with Crippen molar-refractivity contribution in [3.8, 4) is 11.5 Å². The maximum absolute atomic E-state index is 11.9. The first-order chi connectivity index (χ1) is 14.0. The number of esters is 2. The molecule has 1 heterocycles. The molecule has 8 nitrogen and oxygen atoms in total. The van der Waals surface area contributed by atoms with Crippen LogP contribution < -0.4 is 14.8 Å². The van der Waals surface area contributed by atoms with Crippen molar-refractivity contribution in [3.63, 3.8) is 0 Å². The van der Waals surface area contributed by atoms with Crippen molar-refractivity contribution in [2.45, 2.75) is 4.90 Å². The van der Waals surface area contributed by atoms with E-state index in [-0.39, 0.29) is 5.75 Å². The number of methoxy groups -OCH3 is 1. The zero-order chi connectivity index (χ0) is 20.6. The first-order valence-electron chi connectivity index (χ1n) is 8.71. The van der Waals surface area contributed by atoms with E-state index in [0.29, 0.717) is 36.0 Å². The molecule has 1 aliphatic heterocycles. The third-order valence-electron chi connectivity index (χ3n) is 3.82. The van der Waals surface area contributed by atoms with E-state index in [0.717, 1.165) is 4.90 Å². The van der Waals surface area contributed by atoms with Gasteiger partial charge < -0.3 is 24.3 Å². The third-order valence-corrected chi connectivity index (χ3v) is 4.79. The number of ether oxygens (including phenoxy) is 4. The Labute approximate surface area is 171 Å². The van der Waals surface area contributed by atoms with E-state index >= 15 is 0 Å². The molecule has 0 aromatic heterocycles. The monoisotopic (exact) mass is 417 g/mol. The highest BCUT2D eigenvalue weighted by Crippen LogP contribution is 2.34. The highest BCUT2D eigenvalue weighted by Gasteiger charge is 2.14. The van der Waals surface area contributed by atoms with E-state index in [9.17, 15) is 14.4 Å². The van der Waals surface area contributed by atoms with Crippen LogP contribution in [0.3, 0.4) is 0 Å². The molecule has 0 fully saturated rings. The van der Waals surface area contributed by atoms with Crippen LogP contribution in [0.5, 0.6) is 11.5 Å². The van der Waals surface area contributed by atoms with E-state index in [1.54, 1.807) is 24.3 Å². The van der Waals surface area contributed by atoms with Crippen LogP contribution in [0.15, 0.2) is 47.4 Å². The van der Waals surface area contributed by atoms with Crippen LogP contribution in [0.4, 0.5) is 5.69 Å². The first kappa shape index (κ1) is 20.5. The largest absolute Gasteiger partial charge is 0.486 e. The molecule has 0 atom stereocenters. The van der Waals surface area contributed by atoms with Crippen LogP contribution in [-0.4, -0.2) is 50.5 Å². The fourth-order valence-corrected chi connectivity index (χ4v) is 3.17. The predicted octanol–water partition coefficient (Wildman–Crippen LogP) is 2.52. The number of nitrogens with one attached hydrogen (secondary N) is 1. The molecule has 9 heteroatoms. The summed E-state index contributed by atoms with van der Waals surface area (Å²) in [6, 6.07) is 11.6. The maximum Gasteiger partial charge on any atom is 0.337 e. The van der Waals surface area contributed by atoms with Gasteiger partial charge in [-0.1, -0.05) is 0 Å². The number of fused-ring (bicyclic) bond motifs is 1. The van der Waals surface area contributed by atoms with Gasteiger partial charge in [-0.25, -0.2) is 4.79 Å². The summed E-state index contributed by atoms with van der Waals surface area (Å²) < 4.78 is 20.5. The van der Waals surface area contributed by atoms with Gasteiger partial charge >= 0.3 is 11.9 Å². The second-order valence-electron chi connectivity index (χ2n) is 5.87. The normalized spacial score (nSPS) is 12.0. The van der Waals surface area contributed by atoms with Gasteiger partial charge in [-0.15, -0.1) is 11.8 Å². The van der Waals surface area contributed by atoms with Gasteiger partial charge in [-0.3, -0.25) is 9.59 Å². The topological polar surface area (TPSA) is 100 Å². The Morgan fingerprint density at radius 1 is 1.03 bits per heavy atom.